The molecular formula is C21H18F3NO3S. The van der Waals surface area contributed by atoms with Crippen molar-refractivity contribution >= 4 is 17.3 Å². The summed E-state index contributed by atoms with van der Waals surface area (Å²) < 4.78 is 48.5. The standard InChI is InChI=1S/C21H18F3NO3S/c1-13-18(12-28-11-14-3-5-16(6-4-14)20(26)27-2)29-19(25-13)15-7-9-17(10-8-15)21(22,23)24/h3-10H,11-12H2,1-2H3. The van der Waals surface area contributed by atoms with Crippen molar-refractivity contribution in [2.75, 3.05) is 7.11 Å². The fraction of sp³-hybridized carbons (Fsp3) is 0.238. The second kappa shape index (κ2) is 8.75. The molecule has 3 aromatic rings. The smallest absolute Gasteiger partial charge is 0.416 e. The minimum Gasteiger partial charge on any atom is -0.465 e. The highest BCUT2D eigenvalue weighted by molar-refractivity contribution is 7.15. The zero-order chi connectivity index (χ0) is 21.0. The monoisotopic (exact) mass is 421 g/mol. The number of ether oxygens (including phenoxy) is 2. The van der Waals surface area contributed by atoms with Crippen LogP contribution in [0.25, 0.3) is 10.6 Å². The normalized spacial score (nSPS) is 11.5. The van der Waals surface area contributed by atoms with Gasteiger partial charge in [0.25, 0.3) is 0 Å². The van der Waals surface area contributed by atoms with Crippen molar-refractivity contribution in [1.29, 1.82) is 0 Å². The molecule has 0 unspecified atom stereocenters. The first kappa shape index (κ1) is 21.0. The number of halogens is 3. The number of alkyl halides is 3. The number of rotatable bonds is 6. The molecular weight excluding hydrogens is 403 g/mol. The van der Waals surface area contributed by atoms with Crippen LogP contribution in [0, 0.1) is 6.92 Å². The van der Waals surface area contributed by atoms with Crippen LogP contribution in [0.1, 0.15) is 32.1 Å². The third kappa shape index (κ3) is 5.21. The molecule has 4 nitrogen and oxygen atoms in total. The summed E-state index contributed by atoms with van der Waals surface area (Å²) in [5.41, 5.74) is 2.11. The summed E-state index contributed by atoms with van der Waals surface area (Å²) in [5, 5.41) is 0.650. The van der Waals surface area contributed by atoms with Crippen LogP contribution in [0.2, 0.25) is 0 Å². The molecule has 0 spiro atoms. The van der Waals surface area contributed by atoms with E-state index in [1.54, 1.807) is 24.3 Å². The number of thiazole rings is 1. The average Bonchev–Trinajstić information content (AvgIpc) is 3.08. The Morgan fingerprint density at radius 3 is 2.28 bits per heavy atom. The first-order valence-electron chi connectivity index (χ1n) is 8.67. The predicted octanol–water partition coefficient (Wildman–Crippen LogP) is 5.64. The number of nitrogens with zero attached hydrogens (tertiary/aromatic N) is 1. The molecule has 1 heterocycles. The molecule has 0 N–H and O–H groups in total. The molecule has 0 aliphatic carbocycles. The van der Waals surface area contributed by atoms with Gasteiger partial charge in [0.05, 0.1) is 42.0 Å². The van der Waals surface area contributed by atoms with E-state index in [9.17, 15) is 18.0 Å². The topological polar surface area (TPSA) is 48.4 Å². The van der Waals surface area contributed by atoms with E-state index in [0.717, 1.165) is 28.3 Å². The van der Waals surface area contributed by atoms with Gasteiger partial charge in [-0.15, -0.1) is 11.3 Å². The minimum atomic E-state index is -4.36. The van der Waals surface area contributed by atoms with E-state index in [1.807, 2.05) is 6.92 Å². The van der Waals surface area contributed by atoms with Crippen molar-refractivity contribution in [2.24, 2.45) is 0 Å². The fourth-order valence-electron chi connectivity index (χ4n) is 2.60. The molecule has 0 radical (unpaired) electrons. The van der Waals surface area contributed by atoms with Crippen LogP contribution in [0.5, 0.6) is 0 Å². The van der Waals surface area contributed by atoms with Gasteiger partial charge >= 0.3 is 12.1 Å². The Morgan fingerprint density at radius 2 is 1.69 bits per heavy atom. The highest BCUT2D eigenvalue weighted by Crippen LogP contribution is 2.33. The lowest BCUT2D eigenvalue weighted by atomic mass is 10.1. The molecule has 29 heavy (non-hydrogen) atoms. The predicted molar refractivity (Wildman–Crippen MR) is 104 cm³/mol. The molecule has 0 bridgehead atoms. The maximum absolute atomic E-state index is 12.7. The molecule has 0 fully saturated rings. The number of esters is 1. The van der Waals surface area contributed by atoms with E-state index in [0.29, 0.717) is 29.3 Å². The molecule has 0 saturated carbocycles. The lowest BCUT2D eigenvalue weighted by Gasteiger charge is -2.06. The second-order valence-corrected chi connectivity index (χ2v) is 7.37. The number of hydrogen-bond acceptors (Lipinski definition) is 5. The quantitative estimate of drug-likeness (QED) is 0.483. The third-order valence-corrected chi connectivity index (χ3v) is 5.41. The summed E-state index contributed by atoms with van der Waals surface area (Å²) in [4.78, 5) is 16.8. The van der Waals surface area contributed by atoms with Crippen molar-refractivity contribution in [3.63, 3.8) is 0 Å². The van der Waals surface area contributed by atoms with Gasteiger partial charge in [-0.3, -0.25) is 0 Å². The van der Waals surface area contributed by atoms with Crippen LogP contribution in [-0.4, -0.2) is 18.1 Å². The Labute approximate surface area is 169 Å². The number of aryl methyl sites for hydroxylation is 1. The molecule has 0 saturated heterocycles. The molecule has 0 atom stereocenters. The van der Waals surface area contributed by atoms with Crippen LogP contribution in [0.3, 0.4) is 0 Å². The molecule has 2 aromatic carbocycles. The molecule has 152 valence electrons. The average molecular weight is 421 g/mol. The van der Waals surface area contributed by atoms with Gasteiger partial charge in [-0.05, 0) is 36.8 Å². The summed E-state index contributed by atoms with van der Waals surface area (Å²) in [6.45, 7) is 2.53. The lowest BCUT2D eigenvalue weighted by molar-refractivity contribution is -0.137. The number of hydrogen-bond donors (Lipinski definition) is 0. The van der Waals surface area contributed by atoms with E-state index >= 15 is 0 Å². The SMILES string of the molecule is COC(=O)c1ccc(COCc2sc(-c3ccc(C(F)(F)F)cc3)nc2C)cc1. The van der Waals surface area contributed by atoms with Crippen molar-refractivity contribution in [2.45, 2.75) is 26.3 Å². The zero-order valence-electron chi connectivity index (χ0n) is 15.7. The van der Waals surface area contributed by atoms with Crippen LogP contribution < -0.4 is 0 Å². The van der Waals surface area contributed by atoms with E-state index in [4.69, 9.17) is 4.74 Å². The highest BCUT2D eigenvalue weighted by Gasteiger charge is 2.30. The Hall–Kier alpha value is -2.71. The third-order valence-electron chi connectivity index (χ3n) is 4.23. The fourth-order valence-corrected chi connectivity index (χ4v) is 3.61. The second-order valence-electron chi connectivity index (χ2n) is 6.28. The lowest BCUT2D eigenvalue weighted by Crippen LogP contribution is -2.03. The first-order valence-corrected chi connectivity index (χ1v) is 9.48. The maximum Gasteiger partial charge on any atom is 0.416 e. The molecule has 3 rings (SSSR count). The van der Waals surface area contributed by atoms with Crippen LogP contribution in [0.4, 0.5) is 13.2 Å². The van der Waals surface area contributed by atoms with Crippen LogP contribution in [-0.2, 0) is 28.9 Å². The van der Waals surface area contributed by atoms with E-state index in [2.05, 4.69) is 9.72 Å². The Kier molecular flexibility index (Phi) is 6.34. The van der Waals surface area contributed by atoms with Crippen LogP contribution in [0.15, 0.2) is 48.5 Å². The Morgan fingerprint density at radius 1 is 1.03 bits per heavy atom. The molecule has 0 aliphatic heterocycles. The summed E-state index contributed by atoms with van der Waals surface area (Å²) in [6.07, 6.45) is -4.36. The van der Waals surface area contributed by atoms with Gasteiger partial charge in [-0.1, -0.05) is 24.3 Å². The number of carbonyl (C=O) groups is 1. The molecule has 0 aliphatic rings. The minimum absolute atomic E-state index is 0.336. The van der Waals surface area contributed by atoms with Gasteiger partial charge in [-0.2, -0.15) is 13.2 Å². The first-order chi connectivity index (χ1) is 13.8. The van der Waals surface area contributed by atoms with Gasteiger partial charge in [-0.25, -0.2) is 9.78 Å². The molecule has 1 aromatic heterocycles. The van der Waals surface area contributed by atoms with Crippen LogP contribution >= 0.6 is 11.3 Å². The van der Waals surface area contributed by atoms with E-state index < -0.39 is 17.7 Å². The Bertz CT molecular complexity index is 980. The number of aromatic nitrogens is 1. The van der Waals surface area contributed by atoms with E-state index in [1.165, 1.54) is 30.6 Å². The van der Waals surface area contributed by atoms with Gasteiger partial charge in [0.1, 0.15) is 5.01 Å². The highest BCUT2D eigenvalue weighted by atomic mass is 32.1. The summed E-state index contributed by atoms with van der Waals surface area (Å²) in [5.74, 6) is -0.395. The number of carbonyl (C=O) groups excluding carboxylic acids is 1. The maximum atomic E-state index is 12.7. The summed E-state index contributed by atoms with van der Waals surface area (Å²) >= 11 is 1.39. The number of methoxy groups -OCH3 is 1. The van der Waals surface area contributed by atoms with Crippen molar-refractivity contribution in [3.8, 4) is 10.6 Å². The summed E-state index contributed by atoms with van der Waals surface area (Å²) in [7, 11) is 1.33. The summed E-state index contributed by atoms with van der Waals surface area (Å²) in [6, 6.07) is 11.9. The largest absolute Gasteiger partial charge is 0.465 e. The van der Waals surface area contributed by atoms with Crippen molar-refractivity contribution < 1.29 is 27.4 Å². The van der Waals surface area contributed by atoms with Gasteiger partial charge in [0, 0.05) is 5.56 Å². The van der Waals surface area contributed by atoms with E-state index in [-0.39, 0.29) is 0 Å². The van der Waals surface area contributed by atoms with Crippen molar-refractivity contribution in [1.82, 2.24) is 4.98 Å². The van der Waals surface area contributed by atoms with Gasteiger partial charge in [0.2, 0.25) is 0 Å². The van der Waals surface area contributed by atoms with Gasteiger partial charge < -0.3 is 9.47 Å². The van der Waals surface area contributed by atoms with Crippen molar-refractivity contribution in [3.05, 3.63) is 75.8 Å². The molecule has 0 amide bonds. The number of benzene rings is 2. The zero-order valence-corrected chi connectivity index (χ0v) is 16.6. The molecule has 8 heteroatoms. The van der Waals surface area contributed by atoms with Gasteiger partial charge in [0.15, 0.2) is 0 Å². The Balaban J connectivity index is 1.61.